The van der Waals surface area contributed by atoms with Gasteiger partial charge in [0.05, 0.1) is 14.2 Å². The van der Waals surface area contributed by atoms with E-state index in [0.29, 0.717) is 13.1 Å². The summed E-state index contributed by atoms with van der Waals surface area (Å²) in [5, 5.41) is 2.88. The maximum Gasteiger partial charge on any atom is 0.242 e. The smallest absolute Gasteiger partial charge is 0.242 e. The van der Waals surface area contributed by atoms with Gasteiger partial charge in [0.15, 0.2) is 0 Å². The summed E-state index contributed by atoms with van der Waals surface area (Å²) in [7, 11) is 3.21. The summed E-state index contributed by atoms with van der Waals surface area (Å²) < 4.78 is 10.3. The van der Waals surface area contributed by atoms with Gasteiger partial charge in [-0.2, -0.15) is 0 Å². The van der Waals surface area contributed by atoms with E-state index in [1.54, 1.807) is 26.0 Å². The maximum absolute atomic E-state index is 12.5. The normalized spacial score (nSPS) is 11.4. The van der Waals surface area contributed by atoms with Gasteiger partial charge >= 0.3 is 0 Å². The first-order chi connectivity index (χ1) is 12.9. The lowest BCUT2D eigenvalue weighted by Crippen LogP contribution is -2.46. The zero-order valence-corrected chi connectivity index (χ0v) is 16.2. The van der Waals surface area contributed by atoms with E-state index in [9.17, 15) is 9.59 Å². The second-order valence-corrected chi connectivity index (χ2v) is 6.24. The summed E-state index contributed by atoms with van der Waals surface area (Å²) in [6.45, 7) is 3.95. The first kappa shape index (κ1) is 20.3. The Morgan fingerprint density at radius 2 is 1.41 bits per heavy atom. The second kappa shape index (κ2) is 9.62. The molecule has 0 saturated carbocycles. The van der Waals surface area contributed by atoms with Gasteiger partial charge in [0.25, 0.3) is 0 Å². The number of nitrogens with one attached hydrogen (secondary N) is 1. The fraction of sp³-hybridized carbons (Fsp3) is 0.333. The van der Waals surface area contributed by atoms with Crippen molar-refractivity contribution >= 4 is 11.8 Å². The van der Waals surface area contributed by atoms with Gasteiger partial charge in [-0.1, -0.05) is 24.3 Å². The SMILES string of the molecule is COc1ccc(CNC(=O)[C@H](C)N(Cc2ccc(OC)cc2)C(C)=O)cc1. The molecule has 0 aliphatic heterocycles. The molecule has 0 saturated heterocycles. The molecule has 0 aromatic heterocycles. The zero-order valence-electron chi connectivity index (χ0n) is 16.2. The van der Waals surface area contributed by atoms with Gasteiger partial charge in [-0.25, -0.2) is 0 Å². The van der Waals surface area contributed by atoms with Crippen LogP contribution in [0.25, 0.3) is 0 Å². The molecule has 144 valence electrons. The highest BCUT2D eigenvalue weighted by atomic mass is 16.5. The quantitative estimate of drug-likeness (QED) is 0.776. The fourth-order valence-corrected chi connectivity index (χ4v) is 2.67. The molecular formula is C21H26N2O4. The van der Waals surface area contributed by atoms with Gasteiger partial charge in [-0.3, -0.25) is 9.59 Å². The molecule has 2 aromatic carbocycles. The third-order valence-corrected chi connectivity index (χ3v) is 4.39. The van der Waals surface area contributed by atoms with Crippen LogP contribution in [0.1, 0.15) is 25.0 Å². The molecule has 1 N–H and O–H groups in total. The largest absolute Gasteiger partial charge is 0.497 e. The van der Waals surface area contributed by atoms with Crippen molar-refractivity contribution in [3.05, 3.63) is 59.7 Å². The number of amides is 2. The van der Waals surface area contributed by atoms with Crippen molar-refractivity contribution in [3.63, 3.8) is 0 Å². The standard InChI is InChI=1S/C21H26N2O4/c1-15(21(25)22-13-17-5-9-19(26-3)10-6-17)23(16(2)24)14-18-7-11-20(27-4)12-8-18/h5-12,15H,13-14H2,1-4H3,(H,22,25)/t15-/m0/s1. The molecule has 2 rings (SSSR count). The highest BCUT2D eigenvalue weighted by molar-refractivity contribution is 5.86. The van der Waals surface area contributed by atoms with Gasteiger partial charge in [0.2, 0.25) is 11.8 Å². The van der Waals surface area contributed by atoms with Crippen LogP contribution in [0.2, 0.25) is 0 Å². The van der Waals surface area contributed by atoms with E-state index in [-0.39, 0.29) is 11.8 Å². The van der Waals surface area contributed by atoms with Crippen molar-refractivity contribution in [2.24, 2.45) is 0 Å². The molecule has 6 nitrogen and oxygen atoms in total. The zero-order chi connectivity index (χ0) is 19.8. The van der Waals surface area contributed by atoms with Gasteiger partial charge < -0.3 is 19.7 Å². The summed E-state index contributed by atoms with van der Waals surface area (Å²) in [5.41, 5.74) is 1.89. The van der Waals surface area contributed by atoms with Crippen molar-refractivity contribution in [1.82, 2.24) is 10.2 Å². The highest BCUT2D eigenvalue weighted by Crippen LogP contribution is 2.15. The van der Waals surface area contributed by atoms with Crippen LogP contribution in [-0.2, 0) is 22.7 Å². The molecule has 0 spiro atoms. The lowest BCUT2D eigenvalue weighted by molar-refractivity contribution is -0.139. The number of rotatable bonds is 8. The van der Waals surface area contributed by atoms with E-state index in [4.69, 9.17) is 9.47 Å². The third-order valence-electron chi connectivity index (χ3n) is 4.39. The molecule has 27 heavy (non-hydrogen) atoms. The number of ether oxygens (including phenoxy) is 2. The minimum atomic E-state index is -0.581. The Morgan fingerprint density at radius 1 is 0.926 bits per heavy atom. The van der Waals surface area contributed by atoms with E-state index in [2.05, 4.69) is 5.32 Å². The minimum absolute atomic E-state index is 0.155. The number of nitrogens with zero attached hydrogens (tertiary/aromatic N) is 1. The second-order valence-electron chi connectivity index (χ2n) is 6.24. The first-order valence-electron chi connectivity index (χ1n) is 8.75. The van der Waals surface area contributed by atoms with Gasteiger partial charge in [-0.05, 0) is 42.3 Å². The Balaban J connectivity index is 1.97. The molecule has 1 atom stereocenters. The summed E-state index contributed by atoms with van der Waals surface area (Å²) in [5.74, 6) is 1.16. The lowest BCUT2D eigenvalue weighted by Gasteiger charge is -2.27. The topological polar surface area (TPSA) is 67.9 Å². The third kappa shape index (κ3) is 5.74. The highest BCUT2D eigenvalue weighted by Gasteiger charge is 2.23. The number of hydrogen-bond donors (Lipinski definition) is 1. The van der Waals surface area contributed by atoms with E-state index in [1.165, 1.54) is 6.92 Å². The average molecular weight is 370 g/mol. The molecule has 0 fully saturated rings. The van der Waals surface area contributed by atoms with Crippen LogP contribution in [0.4, 0.5) is 0 Å². The molecule has 6 heteroatoms. The Hall–Kier alpha value is -3.02. The predicted octanol–water partition coefficient (Wildman–Crippen LogP) is 2.76. The average Bonchev–Trinajstić information content (AvgIpc) is 2.70. The Morgan fingerprint density at radius 3 is 1.85 bits per heavy atom. The molecule has 0 bridgehead atoms. The van der Waals surface area contributed by atoms with Crippen LogP contribution in [0.15, 0.2) is 48.5 Å². The first-order valence-corrected chi connectivity index (χ1v) is 8.75. The maximum atomic E-state index is 12.5. The molecule has 0 radical (unpaired) electrons. The molecule has 0 aliphatic carbocycles. The Labute approximate surface area is 160 Å². The molecule has 2 aromatic rings. The van der Waals surface area contributed by atoms with Crippen molar-refractivity contribution in [2.75, 3.05) is 14.2 Å². The minimum Gasteiger partial charge on any atom is -0.497 e. The van der Waals surface area contributed by atoms with Crippen molar-refractivity contribution in [2.45, 2.75) is 33.0 Å². The number of carbonyl (C=O) groups is 2. The predicted molar refractivity (Wildman–Crippen MR) is 104 cm³/mol. The van der Waals surface area contributed by atoms with E-state index < -0.39 is 6.04 Å². The van der Waals surface area contributed by atoms with Crippen molar-refractivity contribution in [1.29, 1.82) is 0 Å². The monoisotopic (exact) mass is 370 g/mol. The molecule has 0 heterocycles. The number of hydrogen-bond acceptors (Lipinski definition) is 4. The van der Waals surface area contributed by atoms with Gasteiger partial charge in [0.1, 0.15) is 17.5 Å². The molecule has 2 amide bonds. The van der Waals surface area contributed by atoms with Gasteiger partial charge in [0, 0.05) is 20.0 Å². The number of carbonyl (C=O) groups excluding carboxylic acids is 2. The van der Waals surface area contributed by atoms with Crippen LogP contribution < -0.4 is 14.8 Å². The van der Waals surface area contributed by atoms with Crippen LogP contribution in [0, 0.1) is 0 Å². The van der Waals surface area contributed by atoms with Crippen molar-refractivity contribution in [3.8, 4) is 11.5 Å². The summed E-state index contributed by atoms with van der Waals surface area (Å²) in [6.07, 6.45) is 0. The van der Waals surface area contributed by atoms with E-state index >= 15 is 0 Å². The summed E-state index contributed by atoms with van der Waals surface area (Å²) in [4.78, 5) is 26.1. The van der Waals surface area contributed by atoms with Crippen molar-refractivity contribution < 1.29 is 19.1 Å². The Kier molecular flexibility index (Phi) is 7.23. The Bertz CT molecular complexity index is 757. The lowest BCUT2D eigenvalue weighted by atomic mass is 10.1. The van der Waals surface area contributed by atoms with E-state index in [0.717, 1.165) is 22.6 Å². The molecule has 0 unspecified atom stereocenters. The summed E-state index contributed by atoms with van der Waals surface area (Å²) >= 11 is 0. The molecular weight excluding hydrogens is 344 g/mol. The van der Waals surface area contributed by atoms with Gasteiger partial charge in [-0.15, -0.1) is 0 Å². The van der Waals surface area contributed by atoms with Crippen LogP contribution in [0.5, 0.6) is 11.5 Å². The van der Waals surface area contributed by atoms with Crippen LogP contribution in [-0.4, -0.2) is 37.0 Å². The van der Waals surface area contributed by atoms with E-state index in [1.807, 2.05) is 48.5 Å². The number of methoxy groups -OCH3 is 2. The van der Waals surface area contributed by atoms with Crippen LogP contribution in [0.3, 0.4) is 0 Å². The number of benzene rings is 2. The summed E-state index contributed by atoms with van der Waals surface area (Å²) in [6, 6.07) is 14.3. The fourth-order valence-electron chi connectivity index (χ4n) is 2.67. The van der Waals surface area contributed by atoms with Crippen LogP contribution >= 0.6 is 0 Å². The molecule has 0 aliphatic rings.